The van der Waals surface area contributed by atoms with Gasteiger partial charge in [-0.05, 0) is 37.6 Å². The zero-order valence-corrected chi connectivity index (χ0v) is 17.8. The molecule has 4 rings (SSSR count). The van der Waals surface area contributed by atoms with Gasteiger partial charge in [0, 0.05) is 11.6 Å². The molecule has 1 N–H and O–H groups in total. The Hall–Kier alpha value is -3.40. The van der Waals surface area contributed by atoms with Gasteiger partial charge in [0.25, 0.3) is 0 Å². The van der Waals surface area contributed by atoms with Crippen molar-refractivity contribution in [2.24, 2.45) is 0 Å². The number of alkyl halides is 3. The van der Waals surface area contributed by atoms with Gasteiger partial charge < -0.3 is 14.3 Å². The number of benzene rings is 2. The largest absolute Gasteiger partial charge is 0.488 e. The first-order chi connectivity index (χ1) is 15.1. The molecule has 32 heavy (non-hydrogen) atoms. The van der Waals surface area contributed by atoms with Crippen LogP contribution < -0.4 is 4.74 Å². The molecular formula is C22H17F3N2O4S. The van der Waals surface area contributed by atoms with E-state index < -0.39 is 17.7 Å². The van der Waals surface area contributed by atoms with E-state index in [1.165, 1.54) is 23.5 Å². The molecule has 2 aromatic carbocycles. The van der Waals surface area contributed by atoms with E-state index in [0.717, 1.165) is 28.3 Å². The molecule has 4 aromatic rings. The lowest BCUT2D eigenvalue weighted by molar-refractivity contribution is -0.138. The van der Waals surface area contributed by atoms with Crippen molar-refractivity contribution in [1.29, 1.82) is 0 Å². The van der Waals surface area contributed by atoms with E-state index in [4.69, 9.17) is 14.3 Å². The van der Waals surface area contributed by atoms with Gasteiger partial charge in [-0.25, -0.2) is 9.97 Å². The smallest absolute Gasteiger partial charge is 0.416 e. The number of rotatable bonds is 6. The molecule has 2 aromatic heterocycles. The predicted octanol–water partition coefficient (Wildman–Crippen LogP) is 5.79. The Labute approximate surface area is 184 Å². The molecule has 0 saturated carbocycles. The van der Waals surface area contributed by atoms with Crippen LogP contribution in [0.3, 0.4) is 0 Å². The molecule has 0 radical (unpaired) electrons. The number of aliphatic carboxylic acids is 1. The Kier molecular flexibility index (Phi) is 5.64. The summed E-state index contributed by atoms with van der Waals surface area (Å²) in [5.74, 6) is -0.352. The number of carboxylic acid groups (broad SMARTS) is 1. The van der Waals surface area contributed by atoms with Crippen LogP contribution in [0.4, 0.5) is 13.2 Å². The zero-order chi connectivity index (χ0) is 23.0. The van der Waals surface area contributed by atoms with Gasteiger partial charge in [0.05, 0.1) is 16.1 Å². The first-order valence-electron chi connectivity index (χ1n) is 9.49. The monoisotopic (exact) mass is 462 g/mol. The van der Waals surface area contributed by atoms with Gasteiger partial charge in [0.2, 0.25) is 5.89 Å². The highest BCUT2D eigenvalue weighted by atomic mass is 32.1. The van der Waals surface area contributed by atoms with Crippen molar-refractivity contribution in [2.75, 3.05) is 0 Å². The summed E-state index contributed by atoms with van der Waals surface area (Å²) in [7, 11) is 0. The highest BCUT2D eigenvalue weighted by Gasteiger charge is 2.30. The minimum Gasteiger partial charge on any atom is -0.488 e. The van der Waals surface area contributed by atoms with Gasteiger partial charge in [-0.2, -0.15) is 13.2 Å². The average molecular weight is 462 g/mol. The standard InChI is InChI=1S/C22H17F3N2O4S/c1-11-7-17-15(27-19(31-17)9-20(28)29)8-16(11)30-10-18-12(2)26-21(32-18)13-3-5-14(6-4-13)22(23,24)25/h3-8H,9-10H2,1-2H3,(H,28,29). The lowest BCUT2D eigenvalue weighted by Crippen LogP contribution is -2.03. The number of carbonyl (C=O) groups is 1. The molecule has 0 aliphatic rings. The lowest BCUT2D eigenvalue weighted by Gasteiger charge is -2.08. The Morgan fingerprint density at radius 3 is 2.53 bits per heavy atom. The number of ether oxygens (including phenoxy) is 1. The molecular weight excluding hydrogens is 445 g/mol. The summed E-state index contributed by atoms with van der Waals surface area (Å²) in [5, 5.41) is 9.50. The maximum Gasteiger partial charge on any atom is 0.416 e. The summed E-state index contributed by atoms with van der Waals surface area (Å²) in [4.78, 5) is 20.3. The third kappa shape index (κ3) is 4.59. The SMILES string of the molecule is Cc1cc2oc(CC(=O)O)nc2cc1OCc1sc(-c2ccc(C(F)(F)F)cc2)nc1C. The van der Waals surface area contributed by atoms with Crippen LogP contribution in [0.1, 0.15) is 27.6 Å². The van der Waals surface area contributed by atoms with Crippen molar-refractivity contribution >= 4 is 28.4 Å². The second kappa shape index (κ2) is 8.27. The van der Waals surface area contributed by atoms with E-state index in [1.807, 2.05) is 13.8 Å². The third-order valence-corrected chi connectivity index (χ3v) is 5.92. The van der Waals surface area contributed by atoms with Crippen molar-refractivity contribution in [3.05, 3.63) is 64.0 Å². The fourth-order valence-electron chi connectivity index (χ4n) is 3.10. The minimum absolute atomic E-state index is 0.114. The van der Waals surface area contributed by atoms with E-state index >= 15 is 0 Å². The minimum atomic E-state index is -4.38. The number of hydrogen-bond acceptors (Lipinski definition) is 6. The average Bonchev–Trinajstić information content (AvgIpc) is 3.27. The molecule has 0 unspecified atom stereocenters. The molecule has 0 aliphatic heterocycles. The van der Waals surface area contributed by atoms with Gasteiger partial charge in [0.1, 0.15) is 29.3 Å². The number of carboxylic acids is 1. The number of thiazole rings is 1. The molecule has 166 valence electrons. The quantitative estimate of drug-likeness (QED) is 0.390. The molecule has 0 saturated heterocycles. The second-order valence-electron chi connectivity index (χ2n) is 7.15. The topological polar surface area (TPSA) is 85.5 Å². The van der Waals surface area contributed by atoms with Crippen molar-refractivity contribution in [3.8, 4) is 16.3 Å². The highest BCUT2D eigenvalue weighted by molar-refractivity contribution is 7.15. The molecule has 6 nitrogen and oxygen atoms in total. The number of aromatic nitrogens is 2. The van der Waals surface area contributed by atoms with E-state index in [-0.39, 0.29) is 18.9 Å². The van der Waals surface area contributed by atoms with Crippen molar-refractivity contribution in [1.82, 2.24) is 9.97 Å². The fraction of sp³-hybridized carbons (Fsp3) is 0.227. The van der Waals surface area contributed by atoms with Gasteiger partial charge in [-0.15, -0.1) is 11.3 Å². The van der Waals surface area contributed by atoms with E-state index in [1.54, 1.807) is 12.1 Å². The molecule has 10 heteroatoms. The van der Waals surface area contributed by atoms with Crippen LogP contribution in [-0.4, -0.2) is 21.0 Å². The molecule has 0 bridgehead atoms. The van der Waals surface area contributed by atoms with Crippen molar-refractivity contribution in [2.45, 2.75) is 33.1 Å². The first-order valence-corrected chi connectivity index (χ1v) is 10.3. The van der Waals surface area contributed by atoms with Crippen LogP contribution in [-0.2, 0) is 24.0 Å². The van der Waals surface area contributed by atoms with Crippen molar-refractivity contribution in [3.63, 3.8) is 0 Å². The van der Waals surface area contributed by atoms with Gasteiger partial charge >= 0.3 is 12.1 Å². The first kappa shape index (κ1) is 21.8. The van der Waals surface area contributed by atoms with Gasteiger partial charge in [-0.1, -0.05) is 12.1 Å². The number of nitrogens with zero attached hydrogens (tertiary/aromatic N) is 2. The second-order valence-corrected chi connectivity index (χ2v) is 8.24. The van der Waals surface area contributed by atoms with E-state index in [2.05, 4.69) is 9.97 Å². The summed E-state index contributed by atoms with van der Waals surface area (Å²) < 4.78 is 49.7. The molecule has 0 fully saturated rings. The van der Waals surface area contributed by atoms with Gasteiger partial charge in [-0.3, -0.25) is 4.79 Å². The summed E-state index contributed by atoms with van der Waals surface area (Å²) >= 11 is 1.35. The Balaban J connectivity index is 1.52. The maximum atomic E-state index is 12.8. The summed E-state index contributed by atoms with van der Waals surface area (Å²) in [6.45, 7) is 3.87. The van der Waals surface area contributed by atoms with E-state index in [9.17, 15) is 18.0 Å². The molecule has 0 spiro atoms. The molecule has 0 aliphatic carbocycles. The number of halogens is 3. The molecule has 2 heterocycles. The number of hydrogen-bond donors (Lipinski definition) is 1. The Bertz CT molecular complexity index is 1290. The Morgan fingerprint density at radius 1 is 1.16 bits per heavy atom. The maximum absolute atomic E-state index is 12.8. The Morgan fingerprint density at radius 2 is 1.88 bits per heavy atom. The highest BCUT2D eigenvalue weighted by Crippen LogP contribution is 2.34. The fourth-order valence-corrected chi connectivity index (χ4v) is 4.08. The number of aryl methyl sites for hydroxylation is 2. The molecule has 0 amide bonds. The van der Waals surface area contributed by atoms with E-state index in [0.29, 0.717) is 27.4 Å². The predicted molar refractivity (Wildman–Crippen MR) is 112 cm³/mol. The number of oxazole rings is 1. The van der Waals surface area contributed by atoms with Crippen LogP contribution in [0, 0.1) is 13.8 Å². The van der Waals surface area contributed by atoms with Crippen LogP contribution in [0.15, 0.2) is 40.8 Å². The molecule has 0 atom stereocenters. The van der Waals surface area contributed by atoms with Crippen LogP contribution in [0.5, 0.6) is 5.75 Å². The normalized spacial score (nSPS) is 11.8. The third-order valence-electron chi connectivity index (χ3n) is 4.74. The zero-order valence-electron chi connectivity index (χ0n) is 17.0. The van der Waals surface area contributed by atoms with Crippen LogP contribution >= 0.6 is 11.3 Å². The van der Waals surface area contributed by atoms with Gasteiger partial charge in [0.15, 0.2) is 5.58 Å². The lowest BCUT2D eigenvalue weighted by atomic mass is 10.1. The van der Waals surface area contributed by atoms with Crippen molar-refractivity contribution < 1.29 is 32.2 Å². The number of fused-ring (bicyclic) bond motifs is 1. The van der Waals surface area contributed by atoms with Crippen LogP contribution in [0.25, 0.3) is 21.7 Å². The summed E-state index contributed by atoms with van der Waals surface area (Å²) in [5.41, 5.74) is 2.39. The summed E-state index contributed by atoms with van der Waals surface area (Å²) in [6.07, 6.45) is -4.69. The summed E-state index contributed by atoms with van der Waals surface area (Å²) in [6, 6.07) is 8.31. The van der Waals surface area contributed by atoms with Crippen LogP contribution in [0.2, 0.25) is 0 Å².